The second-order valence-electron chi connectivity index (χ2n) is 4.30. The fourth-order valence-corrected chi connectivity index (χ4v) is 1.74. The zero-order chi connectivity index (χ0) is 13.3. The smallest absolute Gasteiger partial charge is 0.154 e. The van der Waals surface area contributed by atoms with Crippen LogP contribution in [0.2, 0.25) is 0 Å². The van der Waals surface area contributed by atoms with E-state index in [0.717, 1.165) is 17.2 Å². The molecule has 2 aromatic rings. The Balaban J connectivity index is 2.27. The monoisotopic (exact) mass is 247 g/mol. The Kier molecular flexibility index (Phi) is 3.14. The van der Waals surface area contributed by atoms with Crippen LogP contribution in [0.25, 0.3) is 0 Å². The number of rotatable bonds is 3. The highest BCUT2D eigenvalue weighted by atomic mass is 15.3. The number of aromatic nitrogens is 5. The van der Waals surface area contributed by atoms with E-state index in [1.54, 1.807) is 6.33 Å². The van der Waals surface area contributed by atoms with E-state index in [0.29, 0.717) is 11.6 Å². The summed E-state index contributed by atoms with van der Waals surface area (Å²) in [6, 6.07) is -0.00935. The summed E-state index contributed by atoms with van der Waals surface area (Å²) in [5.74, 6) is 2.71. The van der Waals surface area contributed by atoms with Crippen molar-refractivity contribution >= 4 is 11.6 Å². The van der Waals surface area contributed by atoms with Crippen molar-refractivity contribution < 1.29 is 0 Å². The quantitative estimate of drug-likeness (QED) is 0.839. The Bertz CT molecular complexity index is 561. The summed E-state index contributed by atoms with van der Waals surface area (Å²) < 4.78 is 1.87. The summed E-state index contributed by atoms with van der Waals surface area (Å²) in [7, 11) is 1.90. The molecule has 0 aliphatic rings. The molecule has 0 amide bonds. The van der Waals surface area contributed by atoms with Gasteiger partial charge in [0.05, 0.1) is 6.04 Å². The summed E-state index contributed by atoms with van der Waals surface area (Å²) in [5, 5.41) is 11.2. The maximum absolute atomic E-state index is 5.82. The van der Waals surface area contributed by atoms with Gasteiger partial charge >= 0.3 is 0 Å². The first-order valence-electron chi connectivity index (χ1n) is 5.70. The minimum atomic E-state index is -0.00935. The largest absolute Gasteiger partial charge is 0.383 e. The molecule has 0 bridgehead atoms. The summed E-state index contributed by atoms with van der Waals surface area (Å²) in [6.45, 7) is 5.70. The van der Waals surface area contributed by atoms with Crippen molar-refractivity contribution in [1.29, 1.82) is 0 Å². The van der Waals surface area contributed by atoms with Crippen LogP contribution in [0.1, 0.15) is 30.2 Å². The molecule has 0 radical (unpaired) electrons. The predicted molar refractivity (Wildman–Crippen MR) is 69.0 cm³/mol. The molecule has 2 heterocycles. The highest BCUT2D eigenvalue weighted by molar-refractivity contribution is 5.55. The topological polar surface area (TPSA) is 94.5 Å². The molecule has 1 unspecified atom stereocenters. The summed E-state index contributed by atoms with van der Waals surface area (Å²) in [5.41, 5.74) is 6.66. The standard InChI is InChI=1S/C11H17N7/c1-6-9(12)15-8(3)16-10(6)14-7(2)11-17-13-5-18(11)4/h5,7H,1-4H3,(H3,12,14,15,16). The van der Waals surface area contributed by atoms with Gasteiger partial charge in [-0.25, -0.2) is 9.97 Å². The molecule has 0 fully saturated rings. The van der Waals surface area contributed by atoms with E-state index in [-0.39, 0.29) is 6.04 Å². The fraction of sp³-hybridized carbons (Fsp3) is 0.455. The van der Waals surface area contributed by atoms with Crippen LogP contribution in [-0.2, 0) is 7.05 Å². The number of aryl methyl sites for hydroxylation is 2. The lowest BCUT2D eigenvalue weighted by molar-refractivity contribution is 0.714. The molecule has 0 saturated carbocycles. The second kappa shape index (κ2) is 4.59. The second-order valence-corrected chi connectivity index (χ2v) is 4.30. The Hall–Kier alpha value is -2.18. The fourth-order valence-electron chi connectivity index (χ4n) is 1.74. The minimum absolute atomic E-state index is 0.00935. The first-order valence-corrected chi connectivity index (χ1v) is 5.70. The van der Waals surface area contributed by atoms with Gasteiger partial charge in [0.1, 0.15) is 23.8 Å². The Morgan fingerprint density at radius 1 is 1.33 bits per heavy atom. The molecule has 0 aromatic carbocycles. The predicted octanol–water partition coefficient (Wildman–Crippen LogP) is 0.977. The van der Waals surface area contributed by atoms with Crippen LogP contribution in [0.3, 0.4) is 0 Å². The lowest BCUT2D eigenvalue weighted by atomic mass is 10.2. The molecule has 3 N–H and O–H groups in total. The average Bonchev–Trinajstić information content (AvgIpc) is 2.71. The lowest BCUT2D eigenvalue weighted by Crippen LogP contribution is -2.15. The van der Waals surface area contributed by atoms with Gasteiger partial charge in [-0.3, -0.25) is 0 Å². The Morgan fingerprint density at radius 2 is 2.06 bits per heavy atom. The third-order valence-corrected chi connectivity index (χ3v) is 2.78. The van der Waals surface area contributed by atoms with Crippen molar-refractivity contribution in [2.75, 3.05) is 11.1 Å². The highest BCUT2D eigenvalue weighted by Crippen LogP contribution is 2.21. The van der Waals surface area contributed by atoms with E-state index in [4.69, 9.17) is 5.73 Å². The molecule has 1 atom stereocenters. The van der Waals surface area contributed by atoms with Crippen molar-refractivity contribution in [2.45, 2.75) is 26.8 Å². The van der Waals surface area contributed by atoms with Crippen LogP contribution < -0.4 is 11.1 Å². The van der Waals surface area contributed by atoms with Crippen LogP contribution >= 0.6 is 0 Å². The number of nitrogens with one attached hydrogen (secondary N) is 1. The molecule has 0 aliphatic heterocycles. The van der Waals surface area contributed by atoms with Crippen molar-refractivity contribution in [2.24, 2.45) is 7.05 Å². The molecular weight excluding hydrogens is 230 g/mol. The number of nitrogens with zero attached hydrogens (tertiary/aromatic N) is 5. The number of anilines is 2. The number of nitrogens with two attached hydrogens (primary N) is 1. The van der Waals surface area contributed by atoms with Crippen LogP contribution in [0.5, 0.6) is 0 Å². The van der Waals surface area contributed by atoms with Gasteiger partial charge in [0.25, 0.3) is 0 Å². The summed E-state index contributed by atoms with van der Waals surface area (Å²) in [4.78, 5) is 8.47. The van der Waals surface area contributed by atoms with Gasteiger partial charge in [-0.1, -0.05) is 0 Å². The first kappa shape index (κ1) is 12.3. The third-order valence-electron chi connectivity index (χ3n) is 2.78. The summed E-state index contributed by atoms with van der Waals surface area (Å²) >= 11 is 0. The number of hydrogen-bond donors (Lipinski definition) is 2. The highest BCUT2D eigenvalue weighted by Gasteiger charge is 2.14. The van der Waals surface area contributed by atoms with E-state index in [1.165, 1.54) is 0 Å². The number of hydrogen-bond acceptors (Lipinski definition) is 6. The SMILES string of the molecule is Cc1nc(N)c(C)c(NC(C)c2nncn2C)n1. The zero-order valence-corrected chi connectivity index (χ0v) is 11.0. The van der Waals surface area contributed by atoms with Crippen molar-refractivity contribution in [3.8, 4) is 0 Å². The van der Waals surface area contributed by atoms with Crippen LogP contribution in [-0.4, -0.2) is 24.7 Å². The van der Waals surface area contributed by atoms with E-state index in [9.17, 15) is 0 Å². The van der Waals surface area contributed by atoms with Gasteiger partial charge in [0.2, 0.25) is 0 Å². The van der Waals surface area contributed by atoms with Gasteiger partial charge < -0.3 is 15.6 Å². The molecule has 7 heteroatoms. The van der Waals surface area contributed by atoms with Crippen LogP contribution in [0.15, 0.2) is 6.33 Å². The Morgan fingerprint density at radius 3 is 2.67 bits per heavy atom. The third kappa shape index (κ3) is 2.24. The number of nitrogen functional groups attached to an aromatic ring is 1. The normalized spacial score (nSPS) is 12.4. The molecule has 7 nitrogen and oxygen atoms in total. The first-order chi connectivity index (χ1) is 8.49. The van der Waals surface area contributed by atoms with Crippen molar-refractivity contribution in [3.63, 3.8) is 0 Å². The zero-order valence-electron chi connectivity index (χ0n) is 11.0. The van der Waals surface area contributed by atoms with E-state index >= 15 is 0 Å². The average molecular weight is 247 g/mol. The van der Waals surface area contributed by atoms with E-state index in [1.807, 2.05) is 32.4 Å². The van der Waals surface area contributed by atoms with E-state index in [2.05, 4.69) is 25.5 Å². The van der Waals surface area contributed by atoms with E-state index < -0.39 is 0 Å². The molecule has 2 aromatic heterocycles. The Labute approximate surface area is 105 Å². The molecular formula is C11H17N7. The van der Waals surface area contributed by atoms with Gasteiger partial charge in [-0.15, -0.1) is 10.2 Å². The summed E-state index contributed by atoms with van der Waals surface area (Å²) in [6.07, 6.45) is 1.67. The van der Waals surface area contributed by atoms with Crippen LogP contribution in [0, 0.1) is 13.8 Å². The maximum atomic E-state index is 5.82. The minimum Gasteiger partial charge on any atom is -0.383 e. The van der Waals surface area contributed by atoms with Gasteiger partial charge in [0, 0.05) is 12.6 Å². The lowest BCUT2D eigenvalue weighted by Gasteiger charge is -2.16. The van der Waals surface area contributed by atoms with Gasteiger partial charge in [-0.05, 0) is 20.8 Å². The molecule has 96 valence electrons. The van der Waals surface area contributed by atoms with Crippen LogP contribution in [0.4, 0.5) is 11.6 Å². The van der Waals surface area contributed by atoms with Crippen molar-refractivity contribution in [3.05, 3.63) is 23.5 Å². The molecule has 0 aliphatic carbocycles. The maximum Gasteiger partial charge on any atom is 0.154 e. The molecule has 0 spiro atoms. The molecule has 2 rings (SSSR count). The molecule has 0 saturated heterocycles. The van der Waals surface area contributed by atoms with Gasteiger partial charge in [-0.2, -0.15) is 0 Å². The molecule has 18 heavy (non-hydrogen) atoms. The van der Waals surface area contributed by atoms with Crippen molar-refractivity contribution in [1.82, 2.24) is 24.7 Å². The van der Waals surface area contributed by atoms with Gasteiger partial charge in [0.15, 0.2) is 5.82 Å².